The van der Waals surface area contributed by atoms with Gasteiger partial charge in [-0.25, -0.2) is 0 Å². The Bertz CT molecular complexity index is 1070. The van der Waals surface area contributed by atoms with Crippen LogP contribution in [0.1, 0.15) is 29.5 Å². The van der Waals surface area contributed by atoms with E-state index in [1.165, 1.54) is 22.4 Å². The number of hydrogen-bond donors (Lipinski definition) is 0. The van der Waals surface area contributed by atoms with Crippen LogP contribution in [0.2, 0.25) is 5.02 Å². The van der Waals surface area contributed by atoms with Crippen molar-refractivity contribution in [2.45, 2.75) is 18.3 Å². The van der Waals surface area contributed by atoms with Crippen LogP contribution in [0.25, 0.3) is 0 Å². The highest BCUT2D eigenvalue weighted by atomic mass is 35.5. The number of para-hydroxylation sites is 1. The SMILES string of the molecule is Cl.Cl.Cl.Clc1ccc(C2(CCCN3CCN(c4ccccc4)CC3)CN=Cc3ccccc32)cc1. The van der Waals surface area contributed by atoms with E-state index in [0.29, 0.717) is 0 Å². The van der Waals surface area contributed by atoms with Crippen LogP contribution in [-0.2, 0) is 5.41 Å². The molecule has 0 aliphatic carbocycles. The molecule has 1 unspecified atom stereocenters. The second kappa shape index (κ2) is 13.5. The molecule has 3 aromatic carbocycles. The first-order valence-electron chi connectivity index (χ1n) is 11.6. The third-order valence-corrected chi connectivity index (χ3v) is 7.29. The zero-order valence-corrected chi connectivity index (χ0v) is 22.9. The Morgan fingerprint density at radius 1 is 0.771 bits per heavy atom. The zero-order chi connectivity index (χ0) is 21.8. The van der Waals surface area contributed by atoms with Gasteiger partial charge in [-0.05, 0) is 60.3 Å². The normalized spacial score (nSPS) is 19.1. The topological polar surface area (TPSA) is 18.8 Å². The van der Waals surface area contributed by atoms with E-state index in [4.69, 9.17) is 16.6 Å². The number of rotatable bonds is 6. The van der Waals surface area contributed by atoms with Gasteiger partial charge in [-0.3, -0.25) is 9.89 Å². The molecule has 5 rings (SSSR count). The molecule has 1 saturated heterocycles. The Balaban J connectivity index is 0.00000144. The van der Waals surface area contributed by atoms with Crippen LogP contribution in [0.4, 0.5) is 5.69 Å². The molecule has 7 heteroatoms. The first kappa shape index (κ1) is 29.5. The predicted octanol–water partition coefficient (Wildman–Crippen LogP) is 6.93. The zero-order valence-electron chi connectivity index (χ0n) is 19.7. The van der Waals surface area contributed by atoms with Crippen molar-refractivity contribution >= 4 is 60.7 Å². The quantitative estimate of drug-likeness (QED) is 0.330. The van der Waals surface area contributed by atoms with Gasteiger partial charge < -0.3 is 4.90 Å². The monoisotopic (exact) mass is 551 g/mol. The average Bonchev–Trinajstić information content (AvgIpc) is 2.85. The van der Waals surface area contributed by atoms with Crippen molar-refractivity contribution in [2.24, 2.45) is 4.99 Å². The van der Waals surface area contributed by atoms with Gasteiger partial charge in [-0.1, -0.05) is 66.2 Å². The van der Waals surface area contributed by atoms with Crippen LogP contribution >= 0.6 is 48.8 Å². The molecule has 35 heavy (non-hydrogen) atoms. The van der Waals surface area contributed by atoms with Gasteiger partial charge in [0.05, 0.1) is 6.54 Å². The summed E-state index contributed by atoms with van der Waals surface area (Å²) in [4.78, 5) is 9.92. The maximum atomic E-state index is 6.22. The number of piperazine rings is 1. The fourth-order valence-corrected chi connectivity index (χ4v) is 5.40. The lowest BCUT2D eigenvalue weighted by molar-refractivity contribution is 0.245. The summed E-state index contributed by atoms with van der Waals surface area (Å²) in [6, 6.07) is 27.9. The predicted molar refractivity (Wildman–Crippen MR) is 157 cm³/mol. The Kier molecular flexibility index (Phi) is 11.4. The molecule has 2 heterocycles. The lowest BCUT2D eigenvalue weighted by atomic mass is 9.69. The first-order chi connectivity index (χ1) is 15.7. The molecule has 0 amide bonds. The summed E-state index contributed by atoms with van der Waals surface area (Å²) < 4.78 is 0. The lowest BCUT2D eigenvalue weighted by Crippen LogP contribution is -2.47. The number of hydrogen-bond acceptors (Lipinski definition) is 3. The van der Waals surface area contributed by atoms with E-state index in [1.54, 1.807) is 0 Å². The fourth-order valence-electron chi connectivity index (χ4n) is 5.28. The first-order valence-corrected chi connectivity index (χ1v) is 12.0. The van der Waals surface area contributed by atoms with Crippen molar-refractivity contribution in [2.75, 3.05) is 44.2 Å². The van der Waals surface area contributed by atoms with Gasteiger partial charge in [0.15, 0.2) is 0 Å². The van der Waals surface area contributed by atoms with Crippen molar-refractivity contribution in [3.05, 3.63) is 101 Å². The molecule has 0 aromatic heterocycles. The minimum atomic E-state index is -0.0816. The third kappa shape index (κ3) is 6.53. The van der Waals surface area contributed by atoms with Gasteiger partial charge >= 0.3 is 0 Å². The summed E-state index contributed by atoms with van der Waals surface area (Å²) in [6.45, 7) is 6.37. The summed E-state index contributed by atoms with van der Waals surface area (Å²) in [6.07, 6.45) is 4.27. The maximum Gasteiger partial charge on any atom is 0.0527 e. The summed E-state index contributed by atoms with van der Waals surface area (Å²) >= 11 is 6.22. The van der Waals surface area contributed by atoms with Crippen LogP contribution in [0.3, 0.4) is 0 Å². The minimum Gasteiger partial charge on any atom is -0.369 e. The molecular formula is C28H33Cl4N3. The summed E-state index contributed by atoms with van der Waals surface area (Å²) in [5.41, 5.74) is 5.21. The van der Waals surface area contributed by atoms with Gasteiger partial charge in [0.25, 0.3) is 0 Å². The van der Waals surface area contributed by atoms with Gasteiger partial charge in [-0.2, -0.15) is 0 Å². The van der Waals surface area contributed by atoms with E-state index in [1.807, 2.05) is 18.3 Å². The van der Waals surface area contributed by atoms with Crippen LogP contribution in [0.15, 0.2) is 83.9 Å². The largest absolute Gasteiger partial charge is 0.369 e. The van der Waals surface area contributed by atoms with E-state index in [2.05, 4.69) is 76.5 Å². The molecule has 3 aromatic rings. The molecular weight excluding hydrogens is 520 g/mol. The second-order valence-corrected chi connectivity index (χ2v) is 9.35. The number of anilines is 1. The number of nitrogens with zero attached hydrogens (tertiary/aromatic N) is 3. The van der Waals surface area contributed by atoms with Crippen molar-refractivity contribution in [3.63, 3.8) is 0 Å². The molecule has 0 saturated carbocycles. The molecule has 1 fully saturated rings. The van der Waals surface area contributed by atoms with E-state index < -0.39 is 0 Å². The highest BCUT2D eigenvalue weighted by Gasteiger charge is 2.37. The van der Waals surface area contributed by atoms with Crippen LogP contribution < -0.4 is 4.90 Å². The Labute approximate surface area is 232 Å². The van der Waals surface area contributed by atoms with Crippen molar-refractivity contribution < 1.29 is 0 Å². The maximum absolute atomic E-state index is 6.22. The minimum absolute atomic E-state index is 0. The van der Waals surface area contributed by atoms with Crippen molar-refractivity contribution in [1.29, 1.82) is 0 Å². The Morgan fingerprint density at radius 3 is 2.14 bits per heavy atom. The summed E-state index contributed by atoms with van der Waals surface area (Å²) in [5.74, 6) is 0. The molecule has 1 atom stereocenters. The third-order valence-electron chi connectivity index (χ3n) is 7.04. The van der Waals surface area contributed by atoms with E-state index in [0.717, 1.165) is 57.1 Å². The number of halogens is 4. The molecule has 2 aliphatic rings. The Morgan fingerprint density at radius 2 is 1.43 bits per heavy atom. The van der Waals surface area contributed by atoms with Gasteiger partial charge in [0.1, 0.15) is 0 Å². The number of fused-ring (bicyclic) bond motifs is 1. The van der Waals surface area contributed by atoms with Crippen molar-refractivity contribution in [1.82, 2.24) is 4.90 Å². The fraction of sp³-hybridized carbons (Fsp3) is 0.321. The standard InChI is InChI=1S/C28H30ClN3.3ClH/c29-25-13-11-24(12-14-25)28(22-30-21-23-7-4-5-10-27(23)28)15-6-16-31-17-19-32(20-18-31)26-8-2-1-3-9-26;;;/h1-5,7-14,21H,6,15-20,22H2;3*1H. The van der Waals surface area contributed by atoms with Crippen molar-refractivity contribution in [3.8, 4) is 0 Å². The summed E-state index contributed by atoms with van der Waals surface area (Å²) in [7, 11) is 0. The molecule has 0 N–H and O–H groups in total. The van der Waals surface area contributed by atoms with Crippen LogP contribution in [0, 0.1) is 0 Å². The van der Waals surface area contributed by atoms with Crippen LogP contribution in [0.5, 0.6) is 0 Å². The number of aliphatic imine (C=N–C) groups is 1. The summed E-state index contributed by atoms with van der Waals surface area (Å²) in [5, 5.41) is 0.785. The average molecular weight is 553 g/mol. The molecule has 0 bridgehead atoms. The van der Waals surface area contributed by atoms with E-state index >= 15 is 0 Å². The van der Waals surface area contributed by atoms with Gasteiger partial charge in [-0.15, -0.1) is 37.2 Å². The molecule has 0 spiro atoms. The highest BCUT2D eigenvalue weighted by molar-refractivity contribution is 6.30. The van der Waals surface area contributed by atoms with Gasteiger partial charge in [0.2, 0.25) is 0 Å². The smallest absolute Gasteiger partial charge is 0.0527 e. The Hall–Kier alpha value is -1.75. The second-order valence-electron chi connectivity index (χ2n) is 8.91. The van der Waals surface area contributed by atoms with Gasteiger partial charge in [0, 0.05) is 48.5 Å². The number of benzene rings is 3. The highest BCUT2D eigenvalue weighted by Crippen LogP contribution is 2.41. The molecule has 188 valence electrons. The van der Waals surface area contributed by atoms with Crippen LogP contribution in [-0.4, -0.2) is 50.4 Å². The van der Waals surface area contributed by atoms with E-state index in [-0.39, 0.29) is 42.6 Å². The van der Waals surface area contributed by atoms with E-state index in [9.17, 15) is 0 Å². The molecule has 2 aliphatic heterocycles. The molecule has 0 radical (unpaired) electrons. The lowest BCUT2D eigenvalue weighted by Gasteiger charge is -2.39. The molecule has 3 nitrogen and oxygen atoms in total.